The molecular weight excluding hydrogens is 320 g/mol. The highest BCUT2D eigenvalue weighted by atomic mass is 16.2. The van der Waals surface area contributed by atoms with Crippen molar-refractivity contribution in [1.82, 2.24) is 25.2 Å². The summed E-state index contributed by atoms with van der Waals surface area (Å²) >= 11 is 0. The van der Waals surface area contributed by atoms with Crippen molar-refractivity contribution in [2.45, 2.75) is 6.54 Å². The Labute approximate surface area is 144 Å². The van der Waals surface area contributed by atoms with Gasteiger partial charge in [0.15, 0.2) is 0 Å². The van der Waals surface area contributed by atoms with Crippen molar-refractivity contribution in [3.8, 4) is 0 Å². The first-order valence-electron chi connectivity index (χ1n) is 7.67. The number of carbonyl (C=O) groups excluding carboxylic acids is 2. The van der Waals surface area contributed by atoms with E-state index in [0.29, 0.717) is 16.9 Å². The van der Waals surface area contributed by atoms with E-state index in [2.05, 4.69) is 25.6 Å². The summed E-state index contributed by atoms with van der Waals surface area (Å²) in [5.41, 5.74) is 3.42. The zero-order chi connectivity index (χ0) is 17.8. The molecule has 25 heavy (non-hydrogen) atoms. The van der Waals surface area contributed by atoms with Crippen molar-refractivity contribution in [3.63, 3.8) is 0 Å². The molecule has 3 rings (SSSR count). The maximum atomic E-state index is 12.4. The molecule has 0 aliphatic carbocycles. The number of aromatic amines is 1. The van der Waals surface area contributed by atoms with E-state index in [1.165, 1.54) is 4.90 Å². The average Bonchev–Trinajstić information content (AvgIpc) is 3.07. The smallest absolute Gasteiger partial charge is 0.317 e. The van der Waals surface area contributed by atoms with Crippen molar-refractivity contribution in [1.29, 1.82) is 0 Å². The number of imidazole rings is 1. The lowest BCUT2D eigenvalue weighted by Crippen LogP contribution is -2.34. The van der Waals surface area contributed by atoms with Crippen molar-refractivity contribution in [2.24, 2.45) is 0 Å². The Bertz CT molecular complexity index is 918. The van der Waals surface area contributed by atoms with E-state index in [9.17, 15) is 9.59 Å². The molecule has 0 saturated heterocycles. The Morgan fingerprint density at radius 3 is 2.80 bits per heavy atom. The van der Waals surface area contributed by atoms with Gasteiger partial charge in [0.2, 0.25) is 0 Å². The molecular formula is C17H18N6O2. The number of carbonyl (C=O) groups is 2. The maximum absolute atomic E-state index is 12.4. The maximum Gasteiger partial charge on any atom is 0.317 e. The van der Waals surface area contributed by atoms with Crippen molar-refractivity contribution < 1.29 is 9.59 Å². The summed E-state index contributed by atoms with van der Waals surface area (Å²) < 4.78 is 0. The van der Waals surface area contributed by atoms with Gasteiger partial charge in [-0.05, 0) is 30.3 Å². The molecule has 3 aromatic rings. The summed E-state index contributed by atoms with van der Waals surface area (Å²) in [5, 5.41) is 5.55. The Morgan fingerprint density at radius 2 is 2.00 bits per heavy atom. The van der Waals surface area contributed by atoms with Gasteiger partial charge in [-0.1, -0.05) is 0 Å². The van der Waals surface area contributed by atoms with Gasteiger partial charge in [-0.15, -0.1) is 0 Å². The number of hydrogen-bond acceptors (Lipinski definition) is 4. The summed E-state index contributed by atoms with van der Waals surface area (Å²) in [6.07, 6.45) is 3.15. The molecule has 2 heterocycles. The predicted octanol–water partition coefficient (Wildman–Crippen LogP) is 1.98. The van der Waals surface area contributed by atoms with E-state index in [1.54, 1.807) is 44.8 Å². The molecule has 0 saturated carbocycles. The van der Waals surface area contributed by atoms with Crippen LogP contribution in [0.4, 0.5) is 10.5 Å². The molecule has 0 radical (unpaired) electrons. The average molecular weight is 338 g/mol. The van der Waals surface area contributed by atoms with Crippen LogP contribution < -0.4 is 10.6 Å². The molecule has 0 unspecified atom stereocenters. The second kappa shape index (κ2) is 7.00. The van der Waals surface area contributed by atoms with Gasteiger partial charge in [0.25, 0.3) is 5.91 Å². The number of nitrogens with one attached hydrogen (secondary N) is 3. The fourth-order valence-corrected chi connectivity index (χ4v) is 2.26. The fourth-order valence-electron chi connectivity index (χ4n) is 2.26. The molecule has 0 fully saturated rings. The van der Waals surface area contributed by atoms with Crippen molar-refractivity contribution in [2.75, 3.05) is 19.4 Å². The SMILES string of the molecule is CN(C)C(=O)NCc1cc(C(=O)Nc2ccc3nc[nH]c3c2)ccn1. The molecule has 2 aromatic heterocycles. The number of amides is 3. The number of benzene rings is 1. The minimum atomic E-state index is -0.249. The summed E-state index contributed by atoms with van der Waals surface area (Å²) in [6.45, 7) is 0.248. The molecule has 0 aliphatic heterocycles. The number of rotatable bonds is 4. The van der Waals surface area contributed by atoms with Crippen molar-refractivity contribution >= 4 is 28.7 Å². The number of urea groups is 1. The number of pyridine rings is 1. The Balaban J connectivity index is 1.69. The van der Waals surface area contributed by atoms with Gasteiger partial charge in [-0.25, -0.2) is 9.78 Å². The molecule has 8 heteroatoms. The largest absolute Gasteiger partial charge is 0.345 e. The second-order valence-corrected chi connectivity index (χ2v) is 5.68. The highest BCUT2D eigenvalue weighted by Gasteiger charge is 2.09. The fraction of sp³-hybridized carbons (Fsp3) is 0.176. The van der Waals surface area contributed by atoms with Crippen LogP contribution in [0.3, 0.4) is 0 Å². The molecule has 3 amide bonds. The summed E-state index contributed by atoms with van der Waals surface area (Å²) in [4.78, 5) is 36.7. The normalized spacial score (nSPS) is 10.5. The number of nitrogens with zero attached hydrogens (tertiary/aromatic N) is 3. The molecule has 0 aliphatic rings. The van der Waals surface area contributed by atoms with Crippen LogP contribution in [0, 0.1) is 0 Å². The van der Waals surface area contributed by atoms with Gasteiger partial charge in [0.05, 0.1) is 29.6 Å². The van der Waals surface area contributed by atoms with E-state index in [-0.39, 0.29) is 18.5 Å². The second-order valence-electron chi connectivity index (χ2n) is 5.68. The van der Waals surface area contributed by atoms with E-state index in [1.807, 2.05) is 12.1 Å². The standard InChI is InChI=1S/C17H18N6O2/c1-23(2)17(25)19-9-13-7-11(5-6-18-13)16(24)22-12-3-4-14-15(8-12)21-10-20-14/h3-8,10H,9H2,1-2H3,(H,19,25)(H,20,21)(H,22,24). The van der Waals surface area contributed by atoms with Gasteiger partial charge < -0.3 is 20.5 Å². The van der Waals surface area contributed by atoms with Gasteiger partial charge in [0.1, 0.15) is 0 Å². The lowest BCUT2D eigenvalue weighted by atomic mass is 10.2. The van der Waals surface area contributed by atoms with Crippen LogP contribution in [-0.2, 0) is 6.54 Å². The Kier molecular flexibility index (Phi) is 4.60. The van der Waals surface area contributed by atoms with Crippen LogP contribution >= 0.6 is 0 Å². The topological polar surface area (TPSA) is 103 Å². The number of aromatic nitrogens is 3. The summed E-state index contributed by atoms with van der Waals surface area (Å²) in [7, 11) is 3.31. The third kappa shape index (κ3) is 3.92. The summed E-state index contributed by atoms with van der Waals surface area (Å²) in [5.74, 6) is -0.249. The van der Waals surface area contributed by atoms with E-state index in [4.69, 9.17) is 0 Å². The molecule has 8 nitrogen and oxygen atoms in total. The van der Waals surface area contributed by atoms with Gasteiger partial charge in [-0.2, -0.15) is 0 Å². The van der Waals surface area contributed by atoms with Gasteiger partial charge in [-0.3, -0.25) is 9.78 Å². The Morgan fingerprint density at radius 1 is 1.16 bits per heavy atom. The Hall–Kier alpha value is -3.42. The number of H-pyrrole nitrogens is 1. The van der Waals surface area contributed by atoms with Crippen LogP contribution in [0.1, 0.15) is 16.1 Å². The zero-order valence-corrected chi connectivity index (χ0v) is 13.9. The van der Waals surface area contributed by atoms with Crippen LogP contribution in [0.15, 0.2) is 42.9 Å². The summed E-state index contributed by atoms with van der Waals surface area (Å²) in [6, 6.07) is 8.50. The molecule has 0 atom stereocenters. The van der Waals surface area contributed by atoms with E-state index < -0.39 is 0 Å². The highest BCUT2D eigenvalue weighted by Crippen LogP contribution is 2.16. The number of anilines is 1. The molecule has 0 bridgehead atoms. The highest BCUT2D eigenvalue weighted by molar-refractivity contribution is 6.04. The first kappa shape index (κ1) is 16.4. The number of hydrogen-bond donors (Lipinski definition) is 3. The minimum absolute atomic E-state index is 0.218. The quantitative estimate of drug-likeness (QED) is 0.677. The molecule has 1 aromatic carbocycles. The van der Waals surface area contributed by atoms with Gasteiger partial charge >= 0.3 is 6.03 Å². The zero-order valence-electron chi connectivity index (χ0n) is 13.9. The van der Waals surface area contributed by atoms with Crippen LogP contribution in [0.2, 0.25) is 0 Å². The minimum Gasteiger partial charge on any atom is -0.345 e. The first-order chi connectivity index (χ1) is 12.0. The first-order valence-corrected chi connectivity index (χ1v) is 7.67. The lowest BCUT2D eigenvalue weighted by molar-refractivity contribution is 0.102. The molecule has 128 valence electrons. The monoisotopic (exact) mass is 338 g/mol. The van der Waals surface area contributed by atoms with Crippen molar-refractivity contribution in [3.05, 3.63) is 54.1 Å². The third-order valence-corrected chi connectivity index (χ3v) is 3.58. The van der Waals surface area contributed by atoms with Gasteiger partial charge in [0, 0.05) is 31.5 Å². The van der Waals surface area contributed by atoms with E-state index >= 15 is 0 Å². The molecule has 0 spiro atoms. The van der Waals surface area contributed by atoms with Crippen LogP contribution in [0.5, 0.6) is 0 Å². The number of fused-ring (bicyclic) bond motifs is 1. The lowest BCUT2D eigenvalue weighted by Gasteiger charge is -2.12. The third-order valence-electron chi connectivity index (χ3n) is 3.58. The van der Waals surface area contributed by atoms with E-state index in [0.717, 1.165) is 11.0 Å². The predicted molar refractivity (Wildman–Crippen MR) is 94.2 cm³/mol. The molecule has 3 N–H and O–H groups in total. The van der Waals surface area contributed by atoms with Crippen LogP contribution in [-0.4, -0.2) is 45.9 Å². The van der Waals surface area contributed by atoms with Crippen LogP contribution in [0.25, 0.3) is 11.0 Å².